The molecule has 1 amide bonds. The lowest BCUT2D eigenvalue weighted by atomic mass is 10.3. The Morgan fingerprint density at radius 3 is 2.82 bits per heavy atom. The zero-order valence-corrected chi connectivity index (χ0v) is 8.73. The molecule has 2 aromatic heterocycles. The number of aromatic amines is 2. The molecule has 0 aromatic carbocycles. The number of carbonyl (C=O) groups excluding carboxylic acids is 1. The van der Waals surface area contributed by atoms with Gasteiger partial charge in [0, 0.05) is 18.2 Å². The van der Waals surface area contributed by atoms with Crippen molar-refractivity contribution in [2.24, 2.45) is 0 Å². The van der Waals surface area contributed by atoms with Gasteiger partial charge in [-0.2, -0.15) is 10.2 Å². The largest absolute Gasteiger partial charge is 0.384 e. The van der Waals surface area contributed by atoms with Crippen molar-refractivity contribution >= 4 is 11.7 Å². The second kappa shape index (κ2) is 4.47. The average molecular weight is 234 g/mol. The van der Waals surface area contributed by atoms with Crippen LogP contribution in [0.4, 0.5) is 5.82 Å². The van der Waals surface area contributed by atoms with Crippen molar-refractivity contribution in [2.75, 3.05) is 5.73 Å². The van der Waals surface area contributed by atoms with E-state index in [0.717, 1.165) is 0 Å². The molecule has 2 rings (SSSR count). The number of hydrogen-bond donors (Lipinski definition) is 4. The summed E-state index contributed by atoms with van der Waals surface area (Å²) < 4.78 is 0. The molecule has 8 heteroatoms. The van der Waals surface area contributed by atoms with Crippen LogP contribution in [0.15, 0.2) is 23.1 Å². The molecule has 0 saturated heterocycles. The van der Waals surface area contributed by atoms with Crippen molar-refractivity contribution < 1.29 is 4.79 Å². The monoisotopic (exact) mass is 234 g/mol. The SMILES string of the molecule is Nc1[nH]ncc1CNC(=O)c1ccc(=O)[nH]n1. The quantitative estimate of drug-likeness (QED) is 0.541. The predicted octanol–water partition coefficient (Wildman–Crippen LogP) is -0.995. The summed E-state index contributed by atoms with van der Waals surface area (Å²) in [6, 6.07) is 2.57. The highest BCUT2D eigenvalue weighted by Gasteiger charge is 2.08. The molecule has 0 saturated carbocycles. The first-order valence-electron chi connectivity index (χ1n) is 4.78. The zero-order valence-electron chi connectivity index (χ0n) is 8.73. The molecule has 2 heterocycles. The van der Waals surface area contributed by atoms with Gasteiger partial charge < -0.3 is 11.1 Å². The highest BCUT2D eigenvalue weighted by Crippen LogP contribution is 2.04. The van der Waals surface area contributed by atoms with E-state index in [2.05, 4.69) is 25.7 Å². The number of anilines is 1. The van der Waals surface area contributed by atoms with Crippen LogP contribution in [0.2, 0.25) is 0 Å². The number of carbonyl (C=O) groups is 1. The third kappa shape index (κ3) is 2.48. The topological polar surface area (TPSA) is 130 Å². The first-order chi connectivity index (χ1) is 8.16. The van der Waals surface area contributed by atoms with Crippen LogP contribution in [0.1, 0.15) is 16.1 Å². The Balaban J connectivity index is 2.00. The molecule has 88 valence electrons. The summed E-state index contributed by atoms with van der Waals surface area (Å²) in [5.41, 5.74) is 6.01. The van der Waals surface area contributed by atoms with Gasteiger partial charge in [0.15, 0.2) is 0 Å². The van der Waals surface area contributed by atoms with E-state index in [0.29, 0.717) is 11.4 Å². The number of hydrogen-bond acceptors (Lipinski definition) is 5. The second-order valence-corrected chi connectivity index (χ2v) is 3.30. The van der Waals surface area contributed by atoms with Crippen molar-refractivity contribution in [3.63, 3.8) is 0 Å². The van der Waals surface area contributed by atoms with Crippen molar-refractivity contribution in [1.29, 1.82) is 0 Å². The van der Waals surface area contributed by atoms with Crippen LogP contribution >= 0.6 is 0 Å². The van der Waals surface area contributed by atoms with E-state index in [1.54, 1.807) is 0 Å². The number of rotatable bonds is 3. The maximum atomic E-state index is 11.6. The number of nitrogen functional groups attached to an aromatic ring is 1. The van der Waals surface area contributed by atoms with E-state index >= 15 is 0 Å². The Hall–Kier alpha value is -2.64. The van der Waals surface area contributed by atoms with E-state index in [1.807, 2.05) is 0 Å². The Morgan fingerprint density at radius 1 is 1.41 bits per heavy atom. The fourth-order valence-corrected chi connectivity index (χ4v) is 1.20. The summed E-state index contributed by atoms with van der Waals surface area (Å²) >= 11 is 0. The molecule has 5 N–H and O–H groups in total. The number of H-pyrrole nitrogens is 2. The molecule has 0 unspecified atom stereocenters. The summed E-state index contributed by atoms with van der Waals surface area (Å²) in [4.78, 5) is 22.4. The standard InChI is InChI=1S/C9H10N6O2/c10-8-5(4-12-15-8)3-11-9(17)6-1-2-7(16)14-13-6/h1-2,4H,3H2,(H,11,17)(H,14,16)(H3,10,12,15). The van der Waals surface area contributed by atoms with E-state index in [1.165, 1.54) is 18.3 Å². The van der Waals surface area contributed by atoms with E-state index in [4.69, 9.17) is 5.73 Å². The van der Waals surface area contributed by atoms with Crippen molar-refractivity contribution in [1.82, 2.24) is 25.7 Å². The average Bonchev–Trinajstić information content (AvgIpc) is 2.73. The Labute approximate surface area is 95.2 Å². The smallest absolute Gasteiger partial charge is 0.271 e. The fourth-order valence-electron chi connectivity index (χ4n) is 1.20. The highest BCUT2D eigenvalue weighted by atomic mass is 16.2. The first kappa shape index (κ1) is 10.9. The van der Waals surface area contributed by atoms with Crippen molar-refractivity contribution in [2.45, 2.75) is 6.54 Å². The lowest BCUT2D eigenvalue weighted by molar-refractivity contribution is 0.0945. The minimum atomic E-state index is -0.401. The zero-order chi connectivity index (χ0) is 12.3. The van der Waals surface area contributed by atoms with E-state index in [-0.39, 0.29) is 17.8 Å². The van der Waals surface area contributed by atoms with Gasteiger partial charge in [0.25, 0.3) is 11.5 Å². The van der Waals surface area contributed by atoms with Gasteiger partial charge >= 0.3 is 0 Å². The summed E-state index contributed by atoms with van der Waals surface area (Å²) in [5.74, 6) is 0.00146. The third-order valence-corrected chi connectivity index (χ3v) is 2.10. The van der Waals surface area contributed by atoms with Crippen molar-refractivity contribution in [3.05, 3.63) is 39.9 Å². The number of amides is 1. The minimum Gasteiger partial charge on any atom is -0.384 e. The molecule has 0 fully saturated rings. The molecular formula is C9H10N6O2. The second-order valence-electron chi connectivity index (χ2n) is 3.30. The van der Waals surface area contributed by atoms with Crippen molar-refractivity contribution in [3.8, 4) is 0 Å². The van der Waals surface area contributed by atoms with Crippen LogP contribution in [0.25, 0.3) is 0 Å². The normalized spacial score (nSPS) is 10.1. The van der Waals surface area contributed by atoms with Crippen LogP contribution in [-0.2, 0) is 6.54 Å². The van der Waals surface area contributed by atoms with Crippen LogP contribution in [0, 0.1) is 0 Å². The van der Waals surface area contributed by atoms with Gasteiger partial charge in [-0.05, 0) is 6.07 Å². The molecule has 2 aromatic rings. The number of aromatic nitrogens is 4. The Bertz CT molecular complexity index is 567. The van der Waals surface area contributed by atoms with Gasteiger partial charge in [-0.1, -0.05) is 0 Å². The maximum absolute atomic E-state index is 11.6. The first-order valence-corrected chi connectivity index (χ1v) is 4.78. The van der Waals surface area contributed by atoms with Gasteiger partial charge in [-0.15, -0.1) is 0 Å². The molecule has 17 heavy (non-hydrogen) atoms. The van der Waals surface area contributed by atoms with Gasteiger partial charge in [0.1, 0.15) is 11.5 Å². The Kier molecular flexibility index (Phi) is 2.86. The van der Waals surface area contributed by atoms with Gasteiger partial charge in [-0.25, -0.2) is 5.10 Å². The molecule has 0 bridgehead atoms. The summed E-state index contributed by atoms with van der Waals surface area (Å²) in [6.07, 6.45) is 1.52. The van der Waals surface area contributed by atoms with E-state index in [9.17, 15) is 9.59 Å². The van der Waals surface area contributed by atoms with E-state index < -0.39 is 5.91 Å². The third-order valence-electron chi connectivity index (χ3n) is 2.10. The molecular weight excluding hydrogens is 224 g/mol. The molecule has 0 aliphatic carbocycles. The van der Waals surface area contributed by atoms with Crippen LogP contribution in [0.5, 0.6) is 0 Å². The Morgan fingerprint density at radius 2 is 2.24 bits per heavy atom. The van der Waals surface area contributed by atoms with Crippen LogP contribution in [-0.4, -0.2) is 26.3 Å². The summed E-state index contributed by atoms with van der Waals surface area (Å²) in [6.45, 7) is 0.238. The molecule has 0 aliphatic heterocycles. The highest BCUT2D eigenvalue weighted by molar-refractivity contribution is 5.91. The molecule has 8 nitrogen and oxygen atoms in total. The fraction of sp³-hybridized carbons (Fsp3) is 0.111. The van der Waals surface area contributed by atoms with Crippen LogP contribution < -0.4 is 16.6 Å². The lowest BCUT2D eigenvalue weighted by Gasteiger charge is -2.02. The van der Waals surface area contributed by atoms with Crippen LogP contribution in [0.3, 0.4) is 0 Å². The minimum absolute atomic E-state index is 0.131. The number of nitrogens with one attached hydrogen (secondary N) is 3. The predicted molar refractivity (Wildman–Crippen MR) is 59.0 cm³/mol. The summed E-state index contributed by atoms with van der Waals surface area (Å²) in [5, 5.41) is 14.6. The maximum Gasteiger partial charge on any atom is 0.271 e. The number of nitrogens with two attached hydrogens (primary N) is 1. The van der Waals surface area contributed by atoms with Gasteiger partial charge in [0.05, 0.1) is 6.20 Å². The number of nitrogens with zero attached hydrogens (tertiary/aromatic N) is 2. The molecule has 0 aliphatic rings. The molecule has 0 radical (unpaired) electrons. The summed E-state index contributed by atoms with van der Waals surface area (Å²) in [7, 11) is 0. The molecule has 0 spiro atoms. The molecule has 0 atom stereocenters. The van der Waals surface area contributed by atoms with Gasteiger partial charge in [0.2, 0.25) is 0 Å². The lowest BCUT2D eigenvalue weighted by Crippen LogP contribution is -2.25. The van der Waals surface area contributed by atoms with Gasteiger partial charge in [-0.3, -0.25) is 14.7 Å².